The molecule has 0 amide bonds. The second-order valence-electron chi connectivity index (χ2n) is 9.44. The minimum absolute atomic E-state index is 0.148. The van der Waals surface area contributed by atoms with Crippen LogP contribution in [0, 0.1) is 0 Å². The second-order valence-corrected chi connectivity index (χ2v) is 13.8. The molecule has 24 heteroatoms. The molecular weight excluding hydrogens is 818 g/mol. The van der Waals surface area contributed by atoms with E-state index in [2.05, 4.69) is 48.5 Å². The standard InChI is InChI=1S/C18H13Cl2S.C8HF17O3S/c19-14-6-10-17(11-7-14)21(16-4-2-1-3-5-16)18-12-8-15(20)9-13-18;9-1(10,3(13,14)5(17,18)7(21,22)23)2(11,12)4(15,16)6(19,20)8(24,25)29(26,27)28/h1-13H;(H,26,27,28)/q+1;/p-1. The highest BCUT2D eigenvalue weighted by Gasteiger charge is 2.95. The molecule has 0 aromatic heterocycles. The van der Waals surface area contributed by atoms with Gasteiger partial charge in [-0.15, -0.1) is 0 Å². The lowest BCUT2D eigenvalue weighted by Crippen LogP contribution is -2.75. The Balaban J connectivity index is 0.000000361. The van der Waals surface area contributed by atoms with Gasteiger partial charge in [-0.25, -0.2) is 8.42 Å². The van der Waals surface area contributed by atoms with Crippen molar-refractivity contribution in [3.63, 3.8) is 0 Å². The van der Waals surface area contributed by atoms with Gasteiger partial charge in [0.15, 0.2) is 24.8 Å². The molecule has 0 unspecified atom stereocenters. The fourth-order valence-electron chi connectivity index (χ4n) is 3.41. The van der Waals surface area contributed by atoms with Gasteiger partial charge < -0.3 is 4.55 Å². The van der Waals surface area contributed by atoms with Gasteiger partial charge in [-0.05, 0) is 60.7 Å². The third kappa shape index (κ3) is 7.45. The van der Waals surface area contributed by atoms with Crippen molar-refractivity contribution in [2.45, 2.75) is 61.7 Å². The second kappa shape index (κ2) is 14.0. The molecule has 0 saturated heterocycles. The molecule has 0 N–H and O–H groups in total. The maximum atomic E-state index is 13.0. The Labute approximate surface area is 282 Å². The number of rotatable bonds is 10. The molecular formula is C26H13Cl2F17O3S2. The normalized spacial score (nSPS) is 14.3. The molecule has 0 aliphatic carbocycles. The molecule has 3 aromatic carbocycles. The van der Waals surface area contributed by atoms with Gasteiger partial charge in [0, 0.05) is 10.0 Å². The summed E-state index contributed by atoms with van der Waals surface area (Å²) in [6.07, 6.45) is -7.89. The minimum Gasteiger partial charge on any atom is -0.743 e. The van der Waals surface area contributed by atoms with Gasteiger partial charge >= 0.3 is 47.0 Å². The summed E-state index contributed by atoms with van der Waals surface area (Å²) in [5, 5.41) is -6.44. The Morgan fingerprint density at radius 1 is 0.440 bits per heavy atom. The summed E-state index contributed by atoms with van der Waals surface area (Å²) in [6, 6.07) is 26.6. The summed E-state index contributed by atoms with van der Waals surface area (Å²) in [5.41, 5.74) is 0. The van der Waals surface area contributed by atoms with Crippen LogP contribution in [0.5, 0.6) is 0 Å². The first kappa shape index (κ1) is 43.5. The number of benzene rings is 3. The van der Waals surface area contributed by atoms with E-state index in [-0.39, 0.29) is 10.9 Å². The van der Waals surface area contributed by atoms with Gasteiger partial charge in [-0.3, -0.25) is 0 Å². The summed E-state index contributed by atoms with van der Waals surface area (Å²) < 4.78 is 244. The number of alkyl halides is 17. The third-order valence-corrected chi connectivity index (χ3v) is 9.70. The van der Waals surface area contributed by atoms with Gasteiger partial charge in [0.05, 0.1) is 10.9 Å². The zero-order valence-corrected chi connectivity index (χ0v) is 26.4. The maximum Gasteiger partial charge on any atom is 0.460 e. The molecule has 50 heavy (non-hydrogen) atoms. The van der Waals surface area contributed by atoms with Crippen LogP contribution in [0.4, 0.5) is 74.6 Å². The molecule has 0 atom stereocenters. The Kier molecular flexibility index (Phi) is 12.2. The van der Waals surface area contributed by atoms with Gasteiger partial charge in [0.25, 0.3) is 0 Å². The molecule has 280 valence electrons. The quantitative estimate of drug-likeness (QED) is 0.116. The van der Waals surface area contributed by atoms with Gasteiger partial charge in [0.2, 0.25) is 0 Å². The predicted molar refractivity (Wildman–Crippen MR) is 142 cm³/mol. The molecule has 0 aliphatic rings. The first-order chi connectivity index (χ1) is 22.2. The van der Waals surface area contributed by atoms with Crippen LogP contribution in [0.3, 0.4) is 0 Å². The van der Waals surface area contributed by atoms with Crippen LogP contribution in [0.25, 0.3) is 0 Å². The fraction of sp³-hybridized carbons (Fsp3) is 0.308. The van der Waals surface area contributed by atoms with Crippen LogP contribution in [0.15, 0.2) is 93.5 Å². The van der Waals surface area contributed by atoms with Crippen molar-refractivity contribution in [3.05, 3.63) is 88.9 Å². The van der Waals surface area contributed by atoms with Crippen LogP contribution < -0.4 is 0 Å². The fourth-order valence-corrected chi connectivity index (χ4v) is 6.17. The molecule has 3 rings (SSSR count). The topological polar surface area (TPSA) is 57.2 Å². The van der Waals surface area contributed by atoms with Crippen LogP contribution in [0.1, 0.15) is 0 Å². The van der Waals surface area contributed by atoms with E-state index in [0.29, 0.717) is 0 Å². The van der Waals surface area contributed by atoms with E-state index in [1.807, 2.05) is 30.3 Å². The lowest BCUT2D eigenvalue weighted by molar-refractivity contribution is -0.458. The number of halogens is 19. The van der Waals surface area contributed by atoms with Crippen molar-refractivity contribution in [2.24, 2.45) is 0 Å². The smallest absolute Gasteiger partial charge is 0.460 e. The van der Waals surface area contributed by atoms with E-state index in [1.54, 1.807) is 0 Å². The highest BCUT2D eigenvalue weighted by atomic mass is 35.5. The maximum absolute atomic E-state index is 13.0. The van der Waals surface area contributed by atoms with Crippen molar-refractivity contribution in [3.8, 4) is 0 Å². The van der Waals surface area contributed by atoms with Crippen LogP contribution >= 0.6 is 23.2 Å². The Hall–Kier alpha value is -2.69. The van der Waals surface area contributed by atoms with Crippen molar-refractivity contribution in [2.75, 3.05) is 0 Å². The highest BCUT2D eigenvalue weighted by molar-refractivity contribution is 7.97. The van der Waals surface area contributed by atoms with E-state index < -0.39 is 57.1 Å². The molecule has 0 saturated carbocycles. The highest BCUT2D eigenvalue weighted by Crippen LogP contribution is 2.64. The van der Waals surface area contributed by atoms with Crippen molar-refractivity contribution in [1.82, 2.24) is 0 Å². The average molecular weight is 831 g/mol. The zero-order chi connectivity index (χ0) is 39.2. The Morgan fingerprint density at radius 3 is 1.02 bits per heavy atom. The van der Waals surface area contributed by atoms with E-state index in [9.17, 15) is 87.6 Å². The monoisotopic (exact) mass is 830 g/mol. The summed E-state index contributed by atoms with van der Waals surface area (Å²) in [4.78, 5) is 3.77. The molecule has 0 radical (unpaired) electrons. The van der Waals surface area contributed by atoms with Gasteiger partial charge in [-0.2, -0.15) is 74.6 Å². The first-order valence-corrected chi connectivity index (χ1v) is 15.6. The SMILES string of the molecule is Clc1ccc([S+](c2ccccc2)c2ccc(Cl)cc2)cc1.O=S(=O)([O-])C(F)(F)C(F)(F)C(F)(F)C(F)(F)C(F)(F)C(F)(F)C(F)(F)C(F)(F)F. The van der Waals surface area contributed by atoms with Crippen molar-refractivity contribution in [1.29, 1.82) is 0 Å². The van der Waals surface area contributed by atoms with Crippen LogP contribution in [0.2, 0.25) is 10.0 Å². The third-order valence-electron chi connectivity index (χ3n) is 6.08. The first-order valence-electron chi connectivity index (χ1n) is 12.2. The molecule has 3 nitrogen and oxygen atoms in total. The Bertz CT molecular complexity index is 1670. The summed E-state index contributed by atoms with van der Waals surface area (Å²) in [5.74, 6) is -52.1. The van der Waals surface area contributed by atoms with Crippen molar-refractivity contribution < 1.29 is 87.6 Å². The lowest BCUT2D eigenvalue weighted by Gasteiger charge is -2.42. The number of hydrogen-bond donors (Lipinski definition) is 0. The average Bonchev–Trinajstić information content (AvgIpc) is 2.98. The van der Waals surface area contributed by atoms with Gasteiger partial charge in [0.1, 0.15) is 0 Å². The zero-order valence-electron chi connectivity index (χ0n) is 23.2. The minimum atomic E-state index is -8.92. The molecule has 0 bridgehead atoms. The van der Waals surface area contributed by atoms with Gasteiger partial charge in [-0.1, -0.05) is 41.4 Å². The molecule has 0 fully saturated rings. The van der Waals surface area contributed by atoms with Crippen molar-refractivity contribution >= 4 is 44.2 Å². The van der Waals surface area contributed by atoms with E-state index >= 15 is 0 Å². The molecule has 0 heterocycles. The largest absolute Gasteiger partial charge is 0.743 e. The van der Waals surface area contributed by atoms with Crippen LogP contribution in [-0.4, -0.2) is 59.9 Å². The lowest BCUT2D eigenvalue weighted by atomic mass is 9.91. The van der Waals surface area contributed by atoms with E-state index in [1.165, 1.54) is 14.7 Å². The van der Waals surface area contributed by atoms with E-state index in [0.717, 1.165) is 10.0 Å². The summed E-state index contributed by atoms with van der Waals surface area (Å²) in [7, 11) is -8.29. The predicted octanol–water partition coefficient (Wildman–Crippen LogP) is 10.6. The summed E-state index contributed by atoms with van der Waals surface area (Å²) >= 11 is 12.0. The van der Waals surface area contributed by atoms with E-state index in [4.69, 9.17) is 23.2 Å². The molecule has 0 aliphatic heterocycles. The Morgan fingerprint density at radius 2 is 0.720 bits per heavy atom. The van der Waals surface area contributed by atoms with Crippen LogP contribution in [-0.2, 0) is 21.0 Å². The molecule has 3 aromatic rings. The molecule has 0 spiro atoms. The summed E-state index contributed by atoms with van der Waals surface area (Å²) in [6.45, 7) is 0. The number of hydrogen-bond acceptors (Lipinski definition) is 3.